The minimum atomic E-state index is -0.794. The second-order valence-corrected chi connectivity index (χ2v) is 6.62. The molecule has 0 amide bonds. The van der Waals surface area contributed by atoms with E-state index in [9.17, 15) is 10.2 Å². The number of aliphatic hydroxyl groups is 2. The van der Waals surface area contributed by atoms with Crippen molar-refractivity contribution in [2.75, 3.05) is 6.61 Å². The predicted molar refractivity (Wildman–Crippen MR) is 88.8 cm³/mol. The molecule has 0 aliphatic carbocycles. The number of rotatable bonds is 12. The molecule has 1 aliphatic rings. The fourth-order valence-electron chi connectivity index (χ4n) is 2.94. The quantitative estimate of drug-likeness (QED) is 0.538. The Balaban J connectivity index is 1.87. The Labute approximate surface area is 136 Å². The summed E-state index contributed by atoms with van der Waals surface area (Å²) < 4.78 is 11.2. The molecule has 0 saturated carbocycles. The van der Waals surface area contributed by atoms with E-state index in [0.29, 0.717) is 13.0 Å². The van der Waals surface area contributed by atoms with Crippen LogP contribution in [0, 0.1) is 0 Å². The molecule has 0 unspecified atom stereocenters. The summed E-state index contributed by atoms with van der Waals surface area (Å²) >= 11 is 0. The minimum absolute atomic E-state index is 0.360. The summed E-state index contributed by atoms with van der Waals surface area (Å²) in [4.78, 5) is 0. The van der Waals surface area contributed by atoms with Crippen LogP contribution in [0.3, 0.4) is 0 Å². The van der Waals surface area contributed by atoms with Gasteiger partial charge in [-0.15, -0.1) is 0 Å². The molecule has 0 bridgehead atoms. The van der Waals surface area contributed by atoms with Gasteiger partial charge in [-0.05, 0) is 13.3 Å². The van der Waals surface area contributed by atoms with E-state index in [1.807, 2.05) is 0 Å². The van der Waals surface area contributed by atoms with Crippen LogP contribution in [0.1, 0.15) is 84.5 Å². The van der Waals surface area contributed by atoms with Gasteiger partial charge >= 0.3 is 0 Å². The molecule has 1 fully saturated rings. The number of hydrogen-bond donors (Lipinski definition) is 2. The zero-order chi connectivity index (χ0) is 16.2. The molecule has 1 aliphatic heterocycles. The Kier molecular flexibility index (Phi) is 11.1. The number of unbranched alkanes of at least 4 members (excludes halogenated alkanes) is 9. The monoisotopic (exact) mass is 316 g/mol. The average Bonchev–Trinajstić information content (AvgIpc) is 2.50. The molecule has 132 valence electrons. The van der Waals surface area contributed by atoms with Crippen molar-refractivity contribution in [3.63, 3.8) is 0 Å². The number of ether oxygens (including phenoxy) is 2. The molecule has 1 rings (SSSR count). The van der Waals surface area contributed by atoms with E-state index in [-0.39, 0.29) is 12.4 Å². The smallest absolute Gasteiger partial charge is 0.160 e. The van der Waals surface area contributed by atoms with Gasteiger partial charge in [0.1, 0.15) is 6.10 Å². The average molecular weight is 316 g/mol. The Morgan fingerprint density at radius 2 is 1.45 bits per heavy atom. The first-order valence-electron chi connectivity index (χ1n) is 9.28. The number of aliphatic hydroxyl groups excluding tert-OH is 2. The van der Waals surface area contributed by atoms with Gasteiger partial charge in [0.05, 0.1) is 12.2 Å². The minimum Gasteiger partial charge on any atom is -0.390 e. The summed E-state index contributed by atoms with van der Waals surface area (Å²) in [5.74, 6) is 0. The Morgan fingerprint density at radius 1 is 0.909 bits per heavy atom. The summed E-state index contributed by atoms with van der Waals surface area (Å²) in [6.45, 7) is 4.70. The third kappa shape index (κ3) is 8.47. The van der Waals surface area contributed by atoms with Crippen molar-refractivity contribution in [2.24, 2.45) is 0 Å². The Hall–Kier alpha value is -0.160. The first-order valence-corrected chi connectivity index (χ1v) is 9.28. The van der Waals surface area contributed by atoms with Gasteiger partial charge in [-0.1, -0.05) is 64.7 Å². The highest BCUT2D eigenvalue weighted by Crippen LogP contribution is 2.21. The second kappa shape index (κ2) is 12.3. The van der Waals surface area contributed by atoms with E-state index in [4.69, 9.17) is 9.47 Å². The molecule has 2 N–H and O–H groups in total. The highest BCUT2D eigenvalue weighted by molar-refractivity contribution is 4.79. The van der Waals surface area contributed by atoms with Gasteiger partial charge in [0.2, 0.25) is 0 Å². The summed E-state index contributed by atoms with van der Waals surface area (Å²) in [6.07, 6.45) is 11.2. The maximum atomic E-state index is 9.69. The summed E-state index contributed by atoms with van der Waals surface area (Å²) in [6, 6.07) is 0. The molecule has 0 radical (unpaired) electrons. The molecule has 4 atom stereocenters. The van der Waals surface area contributed by atoms with E-state index in [1.165, 1.54) is 57.8 Å². The van der Waals surface area contributed by atoms with Gasteiger partial charge in [0.25, 0.3) is 0 Å². The molecule has 1 saturated heterocycles. The molecule has 0 spiro atoms. The van der Waals surface area contributed by atoms with Crippen molar-refractivity contribution in [3.05, 3.63) is 0 Å². The molecular weight excluding hydrogens is 280 g/mol. The molecule has 4 heteroatoms. The SMILES string of the molecule is CCCCCCCCCCCCO[C@@H]1C[C@@H](O)[C@H](O)[C@@H](C)O1. The third-order valence-electron chi connectivity index (χ3n) is 4.48. The van der Waals surface area contributed by atoms with E-state index in [1.54, 1.807) is 6.92 Å². The zero-order valence-corrected chi connectivity index (χ0v) is 14.5. The summed E-state index contributed by atoms with van der Waals surface area (Å²) in [5, 5.41) is 19.3. The van der Waals surface area contributed by atoms with Crippen molar-refractivity contribution in [1.82, 2.24) is 0 Å². The summed E-state index contributed by atoms with van der Waals surface area (Å²) in [7, 11) is 0. The number of hydrogen-bond acceptors (Lipinski definition) is 4. The molecule has 1 heterocycles. The fraction of sp³-hybridized carbons (Fsp3) is 1.00. The first kappa shape index (κ1) is 19.9. The van der Waals surface area contributed by atoms with Crippen LogP contribution < -0.4 is 0 Å². The lowest BCUT2D eigenvalue weighted by atomic mass is 10.0. The van der Waals surface area contributed by atoms with Crippen LogP contribution in [0.5, 0.6) is 0 Å². The van der Waals surface area contributed by atoms with E-state index in [2.05, 4.69) is 6.92 Å². The van der Waals surface area contributed by atoms with E-state index < -0.39 is 12.2 Å². The van der Waals surface area contributed by atoms with E-state index >= 15 is 0 Å². The Bertz CT molecular complexity index is 247. The molecule has 0 aromatic heterocycles. The predicted octanol–water partition coefficient (Wildman–Crippen LogP) is 3.78. The van der Waals surface area contributed by atoms with Gasteiger partial charge in [-0.2, -0.15) is 0 Å². The lowest BCUT2D eigenvalue weighted by Gasteiger charge is -2.35. The van der Waals surface area contributed by atoms with Crippen LogP contribution in [-0.2, 0) is 9.47 Å². The highest BCUT2D eigenvalue weighted by Gasteiger charge is 2.34. The van der Waals surface area contributed by atoms with Crippen molar-refractivity contribution in [1.29, 1.82) is 0 Å². The lowest BCUT2D eigenvalue weighted by Crippen LogP contribution is -2.47. The molecule has 4 nitrogen and oxygen atoms in total. The van der Waals surface area contributed by atoms with Crippen molar-refractivity contribution >= 4 is 0 Å². The van der Waals surface area contributed by atoms with Gasteiger partial charge in [-0.3, -0.25) is 0 Å². The van der Waals surface area contributed by atoms with Crippen LogP contribution in [-0.4, -0.2) is 41.4 Å². The van der Waals surface area contributed by atoms with Crippen LogP contribution in [0.25, 0.3) is 0 Å². The Morgan fingerprint density at radius 3 is 2.00 bits per heavy atom. The van der Waals surface area contributed by atoms with Crippen LogP contribution in [0.2, 0.25) is 0 Å². The van der Waals surface area contributed by atoms with Gasteiger partial charge in [-0.25, -0.2) is 0 Å². The van der Waals surface area contributed by atoms with Gasteiger partial charge in [0.15, 0.2) is 6.29 Å². The standard InChI is InChI=1S/C18H36O4/c1-3-4-5-6-7-8-9-10-11-12-13-21-17-14-16(19)18(20)15(2)22-17/h15-20H,3-14H2,1-2H3/t15-,16-,17+,18-/m1/s1. The largest absolute Gasteiger partial charge is 0.390 e. The maximum absolute atomic E-state index is 9.69. The zero-order valence-electron chi connectivity index (χ0n) is 14.5. The van der Waals surface area contributed by atoms with Crippen LogP contribution >= 0.6 is 0 Å². The van der Waals surface area contributed by atoms with Crippen molar-refractivity contribution < 1.29 is 19.7 Å². The first-order chi connectivity index (χ1) is 10.6. The normalized spacial score (nSPS) is 28.9. The van der Waals surface area contributed by atoms with Crippen molar-refractivity contribution in [2.45, 2.75) is 109 Å². The molecule has 22 heavy (non-hydrogen) atoms. The third-order valence-corrected chi connectivity index (χ3v) is 4.48. The van der Waals surface area contributed by atoms with Crippen molar-refractivity contribution in [3.8, 4) is 0 Å². The molecule has 0 aromatic rings. The van der Waals surface area contributed by atoms with Crippen LogP contribution in [0.15, 0.2) is 0 Å². The van der Waals surface area contributed by atoms with E-state index in [0.717, 1.165) is 6.42 Å². The van der Waals surface area contributed by atoms with Crippen LogP contribution in [0.4, 0.5) is 0 Å². The lowest BCUT2D eigenvalue weighted by molar-refractivity contribution is -0.246. The maximum Gasteiger partial charge on any atom is 0.160 e. The molecular formula is C18H36O4. The van der Waals surface area contributed by atoms with Gasteiger partial charge < -0.3 is 19.7 Å². The highest BCUT2D eigenvalue weighted by atomic mass is 16.7. The second-order valence-electron chi connectivity index (χ2n) is 6.62. The van der Waals surface area contributed by atoms with Gasteiger partial charge in [0, 0.05) is 13.0 Å². The topological polar surface area (TPSA) is 58.9 Å². The fourth-order valence-corrected chi connectivity index (χ4v) is 2.94. The molecule has 0 aromatic carbocycles. The summed E-state index contributed by atoms with van der Waals surface area (Å²) in [5.41, 5.74) is 0.